The number of carbonyl (C=O) groups excluding carboxylic acids is 1. The van der Waals surface area contributed by atoms with Crippen molar-refractivity contribution in [1.82, 2.24) is 0 Å². The number of amides is 1. The van der Waals surface area contributed by atoms with Crippen molar-refractivity contribution >= 4 is 17.3 Å². The van der Waals surface area contributed by atoms with Crippen LogP contribution in [-0.4, -0.2) is 5.91 Å². The molecule has 2 N–H and O–H groups in total. The third-order valence-electron chi connectivity index (χ3n) is 3.15. The van der Waals surface area contributed by atoms with Gasteiger partial charge in [-0.1, -0.05) is 35.9 Å². The Kier molecular flexibility index (Phi) is 4.94. The summed E-state index contributed by atoms with van der Waals surface area (Å²) in [6.45, 7) is 3.91. The fraction of sp³-hybridized carbons (Fsp3) is 0.111. The van der Waals surface area contributed by atoms with Gasteiger partial charge in [0, 0.05) is 17.6 Å². The van der Waals surface area contributed by atoms with Crippen LogP contribution >= 0.6 is 0 Å². The van der Waals surface area contributed by atoms with Crippen molar-refractivity contribution in [1.29, 1.82) is 5.26 Å². The van der Waals surface area contributed by atoms with Gasteiger partial charge in [-0.2, -0.15) is 5.26 Å². The van der Waals surface area contributed by atoms with Gasteiger partial charge in [-0.05, 0) is 37.6 Å². The molecule has 0 saturated heterocycles. The Morgan fingerprint density at radius 1 is 1.14 bits per heavy atom. The van der Waals surface area contributed by atoms with Crippen molar-refractivity contribution in [2.45, 2.75) is 13.8 Å². The highest BCUT2D eigenvalue weighted by atomic mass is 16.1. The van der Waals surface area contributed by atoms with Gasteiger partial charge in [0.15, 0.2) is 0 Å². The van der Waals surface area contributed by atoms with E-state index in [1.54, 1.807) is 0 Å². The molecule has 0 saturated carbocycles. The molecule has 1 amide bonds. The number of nitriles is 1. The SMILES string of the molecule is Cc1ccc(NC(=O)/C(C#N)=C\Nc2ccccc2)c(C)c1. The minimum Gasteiger partial charge on any atom is -0.360 e. The number of hydrogen-bond acceptors (Lipinski definition) is 3. The molecule has 2 aromatic carbocycles. The summed E-state index contributed by atoms with van der Waals surface area (Å²) in [6.07, 6.45) is 1.41. The highest BCUT2D eigenvalue weighted by Crippen LogP contribution is 2.17. The molecule has 22 heavy (non-hydrogen) atoms. The van der Waals surface area contributed by atoms with E-state index in [1.807, 2.05) is 68.4 Å². The van der Waals surface area contributed by atoms with Crippen LogP contribution in [0.2, 0.25) is 0 Å². The van der Waals surface area contributed by atoms with E-state index in [9.17, 15) is 4.79 Å². The Bertz CT molecular complexity index is 743. The Morgan fingerprint density at radius 3 is 2.50 bits per heavy atom. The first-order valence-corrected chi connectivity index (χ1v) is 6.90. The van der Waals surface area contributed by atoms with Crippen LogP contribution in [0.15, 0.2) is 60.3 Å². The van der Waals surface area contributed by atoms with Gasteiger partial charge >= 0.3 is 0 Å². The van der Waals surface area contributed by atoms with E-state index in [4.69, 9.17) is 5.26 Å². The average Bonchev–Trinajstić information content (AvgIpc) is 2.52. The van der Waals surface area contributed by atoms with Gasteiger partial charge < -0.3 is 10.6 Å². The third kappa shape index (κ3) is 3.97. The van der Waals surface area contributed by atoms with Gasteiger partial charge in [0.1, 0.15) is 11.6 Å². The molecule has 2 rings (SSSR count). The summed E-state index contributed by atoms with van der Waals surface area (Å²) in [7, 11) is 0. The summed E-state index contributed by atoms with van der Waals surface area (Å²) < 4.78 is 0. The maximum absolute atomic E-state index is 12.2. The molecule has 0 spiro atoms. The molecule has 2 aromatic rings. The molecule has 4 heteroatoms. The summed E-state index contributed by atoms with van der Waals surface area (Å²) in [5, 5.41) is 14.8. The van der Waals surface area contributed by atoms with Gasteiger partial charge in [-0.15, -0.1) is 0 Å². The molecular formula is C18H17N3O. The zero-order chi connectivity index (χ0) is 15.9. The fourth-order valence-electron chi connectivity index (χ4n) is 1.98. The predicted octanol–water partition coefficient (Wildman–Crippen LogP) is 3.76. The maximum Gasteiger partial charge on any atom is 0.267 e. The molecule has 0 aliphatic heterocycles. The second-order valence-electron chi connectivity index (χ2n) is 4.95. The Labute approximate surface area is 130 Å². The molecule has 110 valence electrons. The van der Waals surface area contributed by atoms with Gasteiger partial charge in [-0.3, -0.25) is 4.79 Å². The van der Waals surface area contributed by atoms with Crippen LogP contribution in [0.3, 0.4) is 0 Å². The van der Waals surface area contributed by atoms with Crippen LogP contribution < -0.4 is 10.6 Å². The number of hydrogen-bond donors (Lipinski definition) is 2. The van der Waals surface area contributed by atoms with Crippen LogP contribution in [0.25, 0.3) is 0 Å². The second kappa shape index (κ2) is 7.09. The summed E-state index contributed by atoms with van der Waals surface area (Å²) in [5.41, 5.74) is 3.62. The highest BCUT2D eigenvalue weighted by molar-refractivity contribution is 6.07. The number of benzene rings is 2. The molecule has 0 unspecified atom stereocenters. The lowest BCUT2D eigenvalue weighted by molar-refractivity contribution is -0.112. The fourth-order valence-corrected chi connectivity index (χ4v) is 1.98. The van der Waals surface area contributed by atoms with E-state index in [-0.39, 0.29) is 5.57 Å². The van der Waals surface area contributed by atoms with Crippen molar-refractivity contribution in [2.24, 2.45) is 0 Å². The third-order valence-corrected chi connectivity index (χ3v) is 3.15. The van der Waals surface area contributed by atoms with E-state index < -0.39 is 5.91 Å². The van der Waals surface area contributed by atoms with Crippen molar-refractivity contribution in [3.05, 3.63) is 71.4 Å². The van der Waals surface area contributed by atoms with Crippen LogP contribution in [0.5, 0.6) is 0 Å². The molecular weight excluding hydrogens is 274 g/mol. The zero-order valence-corrected chi connectivity index (χ0v) is 12.6. The summed E-state index contributed by atoms with van der Waals surface area (Å²) in [6, 6.07) is 17.0. The lowest BCUT2D eigenvalue weighted by atomic mass is 10.1. The number of carbonyl (C=O) groups is 1. The zero-order valence-electron chi connectivity index (χ0n) is 12.6. The number of para-hydroxylation sites is 1. The normalized spacial score (nSPS) is 10.7. The quantitative estimate of drug-likeness (QED) is 0.666. The molecule has 0 heterocycles. The largest absolute Gasteiger partial charge is 0.360 e. The number of nitrogens with zero attached hydrogens (tertiary/aromatic N) is 1. The molecule has 0 aliphatic rings. The lowest BCUT2D eigenvalue weighted by Crippen LogP contribution is -2.15. The Morgan fingerprint density at radius 2 is 1.86 bits per heavy atom. The minimum absolute atomic E-state index is 0.0174. The first-order chi connectivity index (χ1) is 10.6. The molecule has 0 radical (unpaired) electrons. The van der Waals surface area contributed by atoms with Crippen LogP contribution in [-0.2, 0) is 4.79 Å². The average molecular weight is 291 g/mol. The number of anilines is 2. The predicted molar refractivity (Wildman–Crippen MR) is 88.3 cm³/mol. The van der Waals surface area contributed by atoms with E-state index in [0.717, 1.165) is 16.8 Å². The number of aryl methyl sites for hydroxylation is 2. The topological polar surface area (TPSA) is 64.9 Å². The van der Waals surface area contributed by atoms with E-state index >= 15 is 0 Å². The van der Waals surface area contributed by atoms with E-state index in [2.05, 4.69) is 10.6 Å². The summed E-state index contributed by atoms with van der Waals surface area (Å²) >= 11 is 0. The standard InChI is InChI=1S/C18H17N3O/c1-13-8-9-17(14(2)10-13)21-18(22)15(11-19)12-20-16-6-4-3-5-7-16/h3-10,12,20H,1-2H3,(H,21,22)/b15-12-. The molecule has 4 nitrogen and oxygen atoms in total. The van der Waals surface area contributed by atoms with Gasteiger partial charge in [-0.25, -0.2) is 0 Å². The molecule has 0 bridgehead atoms. The van der Waals surface area contributed by atoms with E-state index in [0.29, 0.717) is 5.69 Å². The van der Waals surface area contributed by atoms with Gasteiger partial charge in [0.25, 0.3) is 5.91 Å². The van der Waals surface area contributed by atoms with Crippen molar-refractivity contribution in [3.8, 4) is 6.07 Å². The smallest absolute Gasteiger partial charge is 0.267 e. The molecule has 0 aromatic heterocycles. The van der Waals surface area contributed by atoms with Crippen LogP contribution in [0, 0.1) is 25.2 Å². The minimum atomic E-state index is -0.433. The summed E-state index contributed by atoms with van der Waals surface area (Å²) in [4.78, 5) is 12.2. The maximum atomic E-state index is 12.2. The first kappa shape index (κ1) is 15.3. The monoisotopic (exact) mass is 291 g/mol. The Balaban J connectivity index is 2.10. The van der Waals surface area contributed by atoms with Gasteiger partial charge in [0.2, 0.25) is 0 Å². The van der Waals surface area contributed by atoms with Crippen molar-refractivity contribution in [3.63, 3.8) is 0 Å². The Hall–Kier alpha value is -3.06. The van der Waals surface area contributed by atoms with Crippen LogP contribution in [0.4, 0.5) is 11.4 Å². The van der Waals surface area contributed by atoms with Crippen molar-refractivity contribution < 1.29 is 4.79 Å². The summed E-state index contributed by atoms with van der Waals surface area (Å²) in [5.74, 6) is -0.433. The molecule has 0 fully saturated rings. The van der Waals surface area contributed by atoms with Gasteiger partial charge in [0.05, 0.1) is 0 Å². The first-order valence-electron chi connectivity index (χ1n) is 6.90. The highest BCUT2D eigenvalue weighted by Gasteiger charge is 2.10. The van der Waals surface area contributed by atoms with Crippen LogP contribution in [0.1, 0.15) is 11.1 Å². The second-order valence-corrected chi connectivity index (χ2v) is 4.95. The molecule has 0 atom stereocenters. The molecule has 0 aliphatic carbocycles. The lowest BCUT2D eigenvalue weighted by Gasteiger charge is -2.08. The van der Waals surface area contributed by atoms with E-state index in [1.165, 1.54) is 6.20 Å². The van der Waals surface area contributed by atoms with Crippen molar-refractivity contribution in [2.75, 3.05) is 10.6 Å². The number of rotatable bonds is 4. The number of nitrogens with one attached hydrogen (secondary N) is 2.